The summed E-state index contributed by atoms with van der Waals surface area (Å²) >= 11 is 0. The van der Waals surface area contributed by atoms with Gasteiger partial charge in [-0.25, -0.2) is 0 Å². The Morgan fingerprint density at radius 1 is 1.10 bits per heavy atom. The van der Waals surface area contributed by atoms with Crippen molar-refractivity contribution < 1.29 is 9.47 Å². The highest BCUT2D eigenvalue weighted by molar-refractivity contribution is 5.40. The lowest BCUT2D eigenvalue weighted by Crippen LogP contribution is -2.25. The summed E-state index contributed by atoms with van der Waals surface area (Å²) in [4.78, 5) is 0. The van der Waals surface area contributed by atoms with E-state index in [1.165, 1.54) is 31.2 Å². The van der Waals surface area contributed by atoms with Crippen molar-refractivity contribution in [1.29, 1.82) is 0 Å². The minimum absolute atomic E-state index is 0.448. The molecule has 2 aliphatic carbocycles. The van der Waals surface area contributed by atoms with Crippen molar-refractivity contribution in [3.63, 3.8) is 0 Å². The molecule has 1 N–H and O–H groups in total. The number of nitrogens with one attached hydrogen (secondary N) is 1. The zero-order valence-corrected chi connectivity index (χ0v) is 13.4. The van der Waals surface area contributed by atoms with E-state index in [0.717, 1.165) is 35.8 Å². The molecule has 0 bridgehead atoms. The first kappa shape index (κ1) is 14.7. The predicted octanol–water partition coefficient (Wildman–Crippen LogP) is 3.79. The fraction of sp³-hybridized carbons (Fsp3) is 0.667. The number of methoxy groups -OCH3 is 2. The van der Waals surface area contributed by atoms with E-state index in [4.69, 9.17) is 9.47 Å². The first-order chi connectivity index (χ1) is 10.3. The van der Waals surface area contributed by atoms with Crippen LogP contribution in [0.1, 0.15) is 44.2 Å². The summed E-state index contributed by atoms with van der Waals surface area (Å²) in [6.45, 7) is 3.30. The van der Waals surface area contributed by atoms with Crippen molar-refractivity contribution in [3.05, 3.63) is 23.8 Å². The van der Waals surface area contributed by atoms with Gasteiger partial charge in [-0.1, -0.05) is 13.3 Å². The van der Waals surface area contributed by atoms with Crippen molar-refractivity contribution in [1.82, 2.24) is 5.32 Å². The highest BCUT2D eigenvalue weighted by atomic mass is 16.5. The predicted molar refractivity (Wildman–Crippen MR) is 84.9 cm³/mol. The van der Waals surface area contributed by atoms with Gasteiger partial charge in [0.05, 0.1) is 14.2 Å². The molecule has 3 nitrogen and oxygen atoms in total. The number of benzene rings is 1. The molecule has 2 aliphatic rings. The Kier molecular flexibility index (Phi) is 4.39. The second kappa shape index (κ2) is 6.27. The van der Waals surface area contributed by atoms with Crippen molar-refractivity contribution in [2.45, 2.75) is 38.6 Å². The Bertz CT molecular complexity index is 456. The van der Waals surface area contributed by atoms with Gasteiger partial charge in [-0.3, -0.25) is 0 Å². The second-order valence-electron chi connectivity index (χ2n) is 6.41. The van der Waals surface area contributed by atoms with Crippen LogP contribution in [0.25, 0.3) is 0 Å². The van der Waals surface area contributed by atoms with Gasteiger partial charge in [0.25, 0.3) is 0 Å². The average Bonchev–Trinajstić information content (AvgIpc) is 2.97. The molecule has 0 spiro atoms. The van der Waals surface area contributed by atoms with E-state index in [-0.39, 0.29) is 0 Å². The minimum atomic E-state index is 0.448. The molecular weight excluding hydrogens is 262 g/mol. The lowest BCUT2D eigenvalue weighted by molar-refractivity contribution is 0.384. The molecule has 0 saturated heterocycles. The molecule has 1 aromatic rings. The molecule has 3 unspecified atom stereocenters. The van der Waals surface area contributed by atoms with Crippen LogP contribution in [0.5, 0.6) is 11.5 Å². The highest BCUT2D eigenvalue weighted by Crippen LogP contribution is 2.62. The van der Waals surface area contributed by atoms with Crippen LogP contribution in [0.3, 0.4) is 0 Å². The van der Waals surface area contributed by atoms with Gasteiger partial charge in [0.15, 0.2) is 0 Å². The van der Waals surface area contributed by atoms with E-state index in [1.54, 1.807) is 14.2 Å². The summed E-state index contributed by atoms with van der Waals surface area (Å²) in [5.41, 5.74) is 1.32. The Labute approximate surface area is 128 Å². The van der Waals surface area contributed by atoms with Crippen LogP contribution in [0.4, 0.5) is 0 Å². The molecular formula is C18H27NO2. The van der Waals surface area contributed by atoms with Crippen molar-refractivity contribution >= 4 is 0 Å². The second-order valence-corrected chi connectivity index (χ2v) is 6.41. The van der Waals surface area contributed by atoms with Gasteiger partial charge in [0.2, 0.25) is 0 Å². The summed E-state index contributed by atoms with van der Waals surface area (Å²) in [5, 5.41) is 3.77. The summed E-state index contributed by atoms with van der Waals surface area (Å²) in [6, 6.07) is 6.74. The Balaban J connectivity index is 1.85. The summed E-state index contributed by atoms with van der Waals surface area (Å²) in [6.07, 6.45) is 5.43. The standard InChI is InChI=1S/C18H27NO2/c1-4-8-19-18(17-15-6-5-7-16(15)17)12-9-13(20-2)11-14(10-12)21-3/h9-11,15-19H,4-8H2,1-3H3. The van der Waals surface area contributed by atoms with Gasteiger partial charge in [0, 0.05) is 12.1 Å². The lowest BCUT2D eigenvalue weighted by atomic mass is 9.96. The van der Waals surface area contributed by atoms with Crippen LogP contribution in [0.15, 0.2) is 18.2 Å². The third kappa shape index (κ3) is 2.89. The molecule has 3 rings (SSSR count). The first-order valence-corrected chi connectivity index (χ1v) is 8.24. The van der Waals surface area contributed by atoms with Gasteiger partial charge in [-0.2, -0.15) is 0 Å². The topological polar surface area (TPSA) is 30.5 Å². The smallest absolute Gasteiger partial charge is 0.122 e. The SMILES string of the molecule is CCCNC(c1cc(OC)cc(OC)c1)C1C2CCCC21. The molecule has 21 heavy (non-hydrogen) atoms. The molecule has 3 atom stereocenters. The third-order valence-corrected chi connectivity index (χ3v) is 5.20. The van der Waals surface area contributed by atoms with Crippen LogP contribution in [0.2, 0.25) is 0 Å². The van der Waals surface area contributed by atoms with E-state index < -0.39 is 0 Å². The van der Waals surface area contributed by atoms with E-state index >= 15 is 0 Å². The zero-order chi connectivity index (χ0) is 14.8. The van der Waals surface area contributed by atoms with Crippen molar-refractivity contribution in [2.24, 2.45) is 17.8 Å². The van der Waals surface area contributed by atoms with E-state index in [0.29, 0.717) is 6.04 Å². The zero-order valence-electron chi connectivity index (χ0n) is 13.4. The third-order valence-electron chi connectivity index (χ3n) is 5.20. The van der Waals surface area contributed by atoms with Crippen LogP contribution in [-0.2, 0) is 0 Å². The number of ether oxygens (including phenoxy) is 2. The molecule has 0 aromatic heterocycles. The molecule has 3 heteroatoms. The fourth-order valence-corrected chi connectivity index (χ4v) is 4.16. The van der Waals surface area contributed by atoms with Gasteiger partial charge < -0.3 is 14.8 Å². The Morgan fingerprint density at radius 3 is 2.24 bits per heavy atom. The quantitative estimate of drug-likeness (QED) is 0.828. The molecule has 2 fully saturated rings. The maximum absolute atomic E-state index is 5.44. The monoisotopic (exact) mass is 289 g/mol. The van der Waals surface area contributed by atoms with Crippen molar-refractivity contribution in [2.75, 3.05) is 20.8 Å². The summed E-state index contributed by atoms with van der Waals surface area (Å²) < 4.78 is 10.9. The Hall–Kier alpha value is -1.22. The normalized spacial score (nSPS) is 28.0. The molecule has 2 saturated carbocycles. The number of fused-ring (bicyclic) bond motifs is 1. The number of hydrogen-bond donors (Lipinski definition) is 1. The first-order valence-electron chi connectivity index (χ1n) is 8.24. The van der Waals surface area contributed by atoms with Crippen LogP contribution < -0.4 is 14.8 Å². The fourth-order valence-electron chi connectivity index (χ4n) is 4.16. The largest absolute Gasteiger partial charge is 0.497 e. The van der Waals surface area contributed by atoms with Gasteiger partial charge in [-0.15, -0.1) is 0 Å². The van der Waals surface area contributed by atoms with E-state index in [9.17, 15) is 0 Å². The van der Waals surface area contributed by atoms with Crippen LogP contribution in [0, 0.1) is 17.8 Å². The van der Waals surface area contributed by atoms with E-state index in [2.05, 4.69) is 24.4 Å². The number of rotatable bonds is 7. The Morgan fingerprint density at radius 2 is 1.71 bits per heavy atom. The van der Waals surface area contributed by atoms with Crippen LogP contribution in [-0.4, -0.2) is 20.8 Å². The highest BCUT2D eigenvalue weighted by Gasteiger charge is 2.55. The minimum Gasteiger partial charge on any atom is -0.497 e. The van der Waals surface area contributed by atoms with Gasteiger partial charge >= 0.3 is 0 Å². The van der Waals surface area contributed by atoms with Gasteiger partial charge in [0.1, 0.15) is 11.5 Å². The maximum Gasteiger partial charge on any atom is 0.122 e. The van der Waals surface area contributed by atoms with Gasteiger partial charge in [-0.05, 0) is 61.3 Å². The van der Waals surface area contributed by atoms with Crippen LogP contribution >= 0.6 is 0 Å². The summed E-state index contributed by atoms with van der Waals surface area (Å²) in [5.74, 6) is 4.46. The molecule has 0 aliphatic heterocycles. The summed E-state index contributed by atoms with van der Waals surface area (Å²) in [7, 11) is 3.44. The van der Waals surface area contributed by atoms with E-state index in [1.807, 2.05) is 6.07 Å². The maximum atomic E-state index is 5.44. The molecule has 0 amide bonds. The molecule has 0 heterocycles. The molecule has 116 valence electrons. The lowest BCUT2D eigenvalue weighted by Gasteiger charge is -2.22. The molecule has 0 radical (unpaired) electrons. The average molecular weight is 289 g/mol. The molecule has 1 aromatic carbocycles. The number of hydrogen-bond acceptors (Lipinski definition) is 3. The van der Waals surface area contributed by atoms with Crippen molar-refractivity contribution in [3.8, 4) is 11.5 Å².